The molecule has 1 amide bonds. The molecule has 6 nitrogen and oxygen atoms in total. The van der Waals surface area contributed by atoms with E-state index >= 15 is 0 Å². The Morgan fingerprint density at radius 1 is 1.45 bits per heavy atom. The van der Waals surface area contributed by atoms with Crippen LogP contribution in [0.25, 0.3) is 0 Å². The van der Waals surface area contributed by atoms with Crippen molar-refractivity contribution in [2.75, 3.05) is 14.1 Å². The molecule has 0 radical (unpaired) electrons. The summed E-state index contributed by atoms with van der Waals surface area (Å²) in [6.07, 6.45) is 0. The summed E-state index contributed by atoms with van der Waals surface area (Å²) >= 11 is 5.80. The highest BCUT2D eigenvalue weighted by atomic mass is 35.5. The summed E-state index contributed by atoms with van der Waals surface area (Å²) in [6.45, 7) is 1.45. The number of nitriles is 1. The average molecular weight is 316 g/mol. The quantitative estimate of drug-likeness (QED) is 0.896. The number of hydrogen-bond donors (Lipinski definition) is 1. The van der Waals surface area contributed by atoms with E-state index in [9.17, 15) is 13.2 Å². The molecule has 1 N–H and O–H groups in total. The summed E-state index contributed by atoms with van der Waals surface area (Å²) in [7, 11) is -0.810. The Labute approximate surface area is 123 Å². The van der Waals surface area contributed by atoms with E-state index in [1.165, 1.54) is 44.1 Å². The Hall–Kier alpha value is -1.62. The van der Waals surface area contributed by atoms with Crippen LogP contribution in [0.4, 0.5) is 0 Å². The number of nitrogens with zero attached hydrogens (tertiary/aromatic N) is 2. The number of carbonyl (C=O) groups excluding carboxylic acids is 1. The predicted molar refractivity (Wildman–Crippen MR) is 74.6 cm³/mol. The minimum absolute atomic E-state index is 0.0435. The van der Waals surface area contributed by atoms with Gasteiger partial charge in [-0.2, -0.15) is 9.98 Å². The number of hydrogen-bond acceptors (Lipinski definition) is 4. The zero-order valence-electron chi connectivity index (χ0n) is 11.2. The normalized spacial score (nSPS) is 12.6. The van der Waals surface area contributed by atoms with Gasteiger partial charge in [-0.1, -0.05) is 11.6 Å². The maximum atomic E-state index is 12.1. The fourth-order valence-electron chi connectivity index (χ4n) is 1.49. The van der Waals surface area contributed by atoms with Crippen LogP contribution in [0.5, 0.6) is 0 Å². The number of rotatable bonds is 4. The standard InChI is InChI=1S/C12H14ClN3O3S/c1-8(12(17)16(2)3)15-20(18,19)10-5-4-9(7-14)11(13)6-10/h4-6,8,15H,1-3H3. The Kier molecular flexibility index (Phi) is 5.11. The van der Waals surface area contributed by atoms with Crippen LogP contribution in [0.3, 0.4) is 0 Å². The van der Waals surface area contributed by atoms with Gasteiger partial charge in [0.15, 0.2) is 0 Å². The van der Waals surface area contributed by atoms with Crippen molar-refractivity contribution in [3.8, 4) is 6.07 Å². The van der Waals surface area contributed by atoms with Gasteiger partial charge >= 0.3 is 0 Å². The first kappa shape index (κ1) is 16.4. The molecule has 0 bridgehead atoms. The lowest BCUT2D eigenvalue weighted by molar-refractivity contribution is -0.130. The van der Waals surface area contributed by atoms with Crippen molar-refractivity contribution < 1.29 is 13.2 Å². The molecule has 0 aliphatic carbocycles. The molecule has 20 heavy (non-hydrogen) atoms. The maximum absolute atomic E-state index is 12.1. The predicted octanol–water partition coefficient (Wildman–Crippen LogP) is 0.967. The maximum Gasteiger partial charge on any atom is 0.241 e. The van der Waals surface area contributed by atoms with Gasteiger partial charge in [-0.15, -0.1) is 0 Å². The molecule has 0 saturated carbocycles. The molecule has 1 unspecified atom stereocenters. The van der Waals surface area contributed by atoms with E-state index in [-0.39, 0.29) is 21.4 Å². The van der Waals surface area contributed by atoms with Crippen LogP contribution in [-0.4, -0.2) is 39.4 Å². The Bertz CT molecular complexity index is 665. The highest BCUT2D eigenvalue weighted by Crippen LogP contribution is 2.20. The zero-order valence-corrected chi connectivity index (χ0v) is 12.8. The molecule has 1 atom stereocenters. The molecule has 8 heteroatoms. The van der Waals surface area contributed by atoms with Crippen LogP contribution in [-0.2, 0) is 14.8 Å². The molecule has 0 aromatic heterocycles. The fraction of sp³-hybridized carbons (Fsp3) is 0.333. The van der Waals surface area contributed by atoms with Crippen LogP contribution >= 0.6 is 11.6 Å². The van der Waals surface area contributed by atoms with Crippen molar-refractivity contribution in [3.63, 3.8) is 0 Å². The van der Waals surface area contributed by atoms with E-state index in [2.05, 4.69) is 4.72 Å². The number of halogens is 1. The number of carbonyl (C=O) groups is 1. The van der Waals surface area contributed by atoms with Gasteiger partial charge in [0, 0.05) is 14.1 Å². The minimum Gasteiger partial charge on any atom is -0.347 e. The molecule has 0 aliphatic rings. The fourth-order valence-corrected chi connectivity index (χ4v) is 3.00. The molecule has 0 spiro atoms. The molecular weight excluding hydrogens is 302 g/mol. The second-order valence-electron chi connectivity index (χ2n) is 4.33. The molecule has 0 aliphatic heterocycles. The Balaban J connectivity index is 3.04. The van der Waals surface area contributed by atoms with Gasteiger partial charge in [-0.3, -0.25) is 4.79 Å². The molecular formula is C12H14ClN3O3S. The van der Waals surface area contributed by atoms with E-state index in [1.807, 2.05) is 6.07 Å². The van der Waals surface area contributed by atoms with Crippen LogP contribution < -0.4 is 4.72 Å². The zero-order chi connectivity index (χ0) is 15.5. The molecule has 108 valence electrons. The van der Waals surface area contributed by atoms with Crippen molar-refractivity contribution in [1.29, 1.82) is 5.26 Å². The van der Waals surface area contributed by atoms with E-state index in [1.54, 1.807) is 0 Å². The van der Waals surface area contributed by atoms with Gasteiger partial charge in [0.05, 0.1) is 21.5 Å². The van der Waals surface area contributed by atoms with E-state index in [0.717, 1.165) is 0 Å². The monoisotopic (exact) mass is 315 g/mol. The summed E-state index contributed by atoms with van der Waals surface area (Å²) in [5, 5.41) is 8.79. The lowest BCUT2D eigenvalue weighted by Gasteiger charge is -2.18. The van der Waals surface area contributed by atoms with Gasteiger partial charge in [-0.05, 0) is 25.1 Å². The van der Waals surface area contributed by atoms with Gasteiger partial charge < -0.3 is 4.90 Å². The van der Waals surface area contributed by atoms with E-state index < -0.39 is 16.1 Å². The van der Waals surface area contributed by atoms with Crippen LogP contribution in [0.2, 0.25) is 5.02 Å². The highest BCUT2D eigenvalue weighted by molar-refractivity contribution is 7.89. The van der Waals surface area contributed by atoms with Crippen molar-refractivity contribution in [2.24, 2.45) is 0 Å². The van der Waals surface area contributed by atoms with Crippen LogP contribution in [0.1, 0.15) is 12.5 Å². The largest absolute Gasteiger partial charge is 0.347 e. The number of amides is 1. The van der Waals surface area contributed by atoms with Gasteiger partial charge in [0.2, 0.25) is 15.9 Å². The van der Waals surface area contributed by atoms with Crippen LogP contribution in [0, 0.1) is 11.3 Å². The Morgan fingerprint density at radius 3 is 2.50 bits per heavy atom. The topological polar surface area (TPSA) is 90.3 Å². The second kappa shape index (κ2) is 6.22. The number of nitrogens with one attached hydrogen (secondary N) is 1. The summed E-state index contributed by atoms with van der Waals surface area (Å²) < 4.78 is 26.5. The molecule has 0 fully saturated rings. The minimum atomic E-state index is -3.88. The first-order valence-electron chi connectivity index (χ1n) is 5.62. The molecule has 1 rings (SSSR count). The number of likely N-dealkylation sites (N-methyl/N-ethyl adjacent to an activating group) is 1. The van der Waals surface area contributed by atoms with E-state index in [4.69, 9.17) is 16.9 Å². The van der Waals surface area contributed by atoms with E-state index in [0.29, 0.717) is 0 Å². The van der Waals surface area contributed by atoms with Crippen molar-refractivity contribution in [3.05, 3.63) is 28.8 Å². The molecule has 0 saturated heterocycles. The van der Waals surface area contributed by atoms with Gasteiger partial charge in [0.25, 0.3) is 0 Å². The molecule has 1 aromatic rings. The molecule has 1 aromatic carbocycles. The summed E-state index contributed by atoms with van der Waals surface area (Å²) in [4.78, 5) is 12.8. The smallest absolute Gasteiger partial charge is 0.241 e. The number of sulfonamides is 1. The lowest BCUT2D eigenvalue weighted by Crippen LogP contribution is -2.44. The summed E-state index contributed by atoms with van der Waals surface area (Å²) in [6, 6.07) is 4.70. The van der Waals surface area contributed by atoms with Gasteiger partial charge in [-0.25, -0.2) is 8.42 Å². The molecule has 0 heterocycles. The average Bonchev–Trinajstić information content (AvgIpc) is 2.36. The highest BCUT2D eigenvalue weighted by Gasteiger charge is 2.23. The third kappa shape index (κ3) is 3.70. The summed E-state index contributed by atoms with van der Waals surface area (Å²) in [5.41, 5.74) is 0.183. The second-order valence-corrected chi connectivity index (χ2v) is 6.45. The number of benzene rings is 1. The van der Waals surface area contributed by atoms with Crippen LogP contribution in [0.15, 0.2) is 23.1 Å². The lowest BCUT2D eigenvalue weighted by atomic mass is 10.2. The SMILES string of the molecule is CC(NS(=O)(=O)c1ccc(C#N)c(Cl)c1)C(=O)N(C)C. The first-order valence-corrected chi connectivity index (χ1v) is 7.48. The summed E-state index contributed by atoms with van der Waals surface area (Å²) in [5.74, 6) is -0.367. The third-order valence-corrected chi connectivity index (χ3v) is 4.37. The van der Waals surface area contributed by atoms with Crippen molar-refractivity contribution in [2.45, 2.75) is 17.9 Å². The van der Waals surface area contributed by atoms with Crippen molar-refractivity contribution >= 4 is 27.5 Å². The van der Waals surface area contributed by atoms with Crippen molar-refractivity contribution in [1.82, 2.24) is 9.62 Å². The third-order valence-electron chi connectivity index (χ3n) is 2.51. The first-order chi connectivity index (χ1) is 9.19. The van der Waals surface area contributed by atoms with Gasteiger partial charge in [0.1, 0.15) is 6.07 Å². The Morgan fingerprint density at radius 2 is 2.05 bits per heavy atom.